The van der Waals surface area contributed by atoms with Gasteiger partial charge in [0.15, 0.2) is 0 Å². The fourth-order valence-corrected chi connectivity index (χ4v) is 2.36. The van der Waals surface area contributed by atoms with Crippen LogP contribution in [0.25, 0.3) is 0 Å². The SMILES string of the molecule is Cc1ccc(NC(=O)[C@H](CCC(N)=O)NC(=O)OCc2ccccc2)cc1F. The fraction of sp³-hybridized carbons (Fsp3) is 0.250. The largest absolute Gasteiger partial charge is 0.445 e. The van der Waals surface area contributed by atoms with Crippen molar-refractivity contribution in [1.82, 2.24) is 5.32 Å². The van der Waals surface area contributed by atoms with Crippen molar-refractivity contribution in [2.45, 2.75) is 32.4 Å². The molecule has 0 fully saturated rings. The Balaban J connectivity index is 1.98. The van der Waals surface area contributed by atoms with Gasteiger partial charge in [-0.1, -0.05) is 36.4 Å². The molecular weight excluding hydrogens is 365 g/mol. The maximum absolute atomic E-state index is 13.7. The summed E-state index contributed by atoms with van der Waals surface area (Å²) in [7, 11) is 0. The Labute approximate surface area is 162 Å². The Morgan fingerprint density at radius 3 is 2.50 bits per heavy atom. The molecule has 0 heterocycles. The number of rotatable bonds is 8. The average molecular weight is 387 g/mol. The minimum Gasteiger partial charge on any atom is -0.445 e. The Bertz CT molecular complexity index is 843. The minimum atomic E-state index is -1.07. The number of halogens is 1. The second kappa shape index (κ2) is 10.1. The lowest BCUT2D eigenvalue weighted by atomic mass is 10.1. The molecule has 0 aliphatic rings. The maximum atomic E-state index is 13.7. The number of anilines is 1. The van der Waals surface area contributed by atoms with Gasteiger partial charge in [-0.05, 0) is 36.6 Å². The van der Waals surface area contributed by atoms with Crippen molar-refractivity contribution >= 4 is 23.6 Å². The molecule has 0 aliphatic carbocycles. The van der Waals surface area contributed by atoms with E-state index in [2.05, 4.69) is 10.6 Å². The van der Waals surface area contributed by atoms with E-state index in [1.54, 1.807) is 31.2 Å². The van der Waals surface area contributed by atoms with Crippen molar-refractivity contribution < 1.29 is 23.5 Å². The van der Waals surface area contributed by atoms with Crippen LogP contribution in [0.1, 0.15) is 24.0 Å². The second-order valence-corrected chi connectivity index (χ2v) is 6.22. The number of ether oxygens (including phenoxy) is 1. The second-order valence-electron chi connectivity index (χ2n) is 6.22. The van der Waals surface area contributed by atoms with E-state index < -0.39 is 29.8 Å². The molecule has 8 heteroatoms. The van der Waals surface area contributed by atoms with Crippen molar-refractivity contribution in [3.05, 3.63) is 65.5 Å². The van der Waals surface area contributed by atoms with Crippen molar-refractivity contribution in [3.63, 3.8) is 0 Å². The van der Waals surface area contributed by atoms with Crippen LogP contribution in [0.5, 0.6) is 0 Å². The molecule has 2 rings (SSSR count). The van der Waals surface area contributed by atoms with Crippen LogP contribution in [-0.2, 0) is 20.9 Å². The summed E-state index contributed by atoms with van der Waals surface area (Å²) in [4.78, 5) is 35.6. The van der Waals surface area contributed by atoms with Crippen LogP contribution in [0.2, 0.25) is 0 Å². The van der Waals surface area contributed by atoms with Gasteiger partial charge in [0.1, 0.15) is 18.5 Å². The molecule has 2 aromatic carbocycles. The van der Waals surface area contributed by atoms with Gasteiger partial charge in [0.2, 0.25) is 11.8 Å². The summed E-state index contributed by atoms with van der Waals surface area (Å²) in [5.74, 6) is -1.69. The molecule has 0 spiro atoms. The van der Waals surface area contributed by atoms with Crippen LogP contribution in [0.3, 0.4) is 0 Å². The fourth-order valence-electron chi connectivity index (χ4n) is 2.36. The summed E-state index contributed by atoms with van der Waals surface area (Å²) >= 11 is 0. The summed E-state index contributed by atoms with van der Waals surface area (Å²) in [6.45, 7) is 1.63. The van der Waals surface area contributed by atoms with Crippen LogP contribution in [-0.4, -0.2) is 23.9 Å². The highest BCUT2D eigenvalue weighted by atomic mass is 19.1. The normalized spacial score (nSPS) is 11.4. The van der Waals surface area contributed by atoms with Crippen molar-refractivity contribution in [2.75, 3.05) is 5.32 Å². The molecule has 28 heavy (non-hydrogen) atoms. The Morgan fingerprint density at radius 2 is 1.86 bits per heavy atom. The molecule has 148 valence electrons. The molecular formula is C20H22FN3O4. The Hall–Kier alpha value is -3.42. The number of nitrogens with one attached hydrogen (secondary N) is 2. The lowest BCUT2D eigenvalue weighted by Gasteiger charge is -2.18. The van der Waals surface area contributed by atoms with Crippen molar-refractivity contribution in [2.24, 2.45) is 5.73 Å². The topological polar surface area (TPSA) is 111 Å². The molecule has 3 amide bonds. The van der Waals surface area contributed by atoms with Crippen LogP contribution < -0.4 is 16.4 Å². The number of alkyl carbamates (subject to hydrolysis) is 1. The van der Waals surface area contributed by atoms with Gasteiger partial charge in [0, 0.05) is 12.1 Å². The first-order chi connectivity index (χ1) is 13.3. The van der Waals surface area contributed by atoms with Gasteiger partial charge in [0.25, 0.3) is 0 Å². The molecule has 2 aromatic rings. The van der Waals surface area contributed by atoms with Gasteiger partial charge < -0.3 is 21.1 Å². The highest BCUT2D eigenvalue weighted by Crippen LogP contribution is 2.14. The first-order valence-corrected chi connectivity index (χ1v) is 8.67. The molecule has 1 atom stereocenters. The third-order valence-electron chi connectivity index (χ3n) is 3.94. The number of hydrogen-bond donors (Lipinski definition) is 3. The van der Waals surface area contributed by atoms with E-state index in [1.165, 1.54) is 18.2 Å². The summed E-state index contributed by atoms with van der Waals surface area (Å²) < 4.78 is 18.7. The van der Waals surface area contributed by atoms with Crippen molar-refractivity contribution in [1.29, 1.82) is 0 Å². The standard InChI is InChI=1S/C20H22FN3O4/c1-13-7-8-15(11-16(13)21)23-19(26)17(9-10-18(22)25)24-20(27)28-12-14-5-3-2-4-6-14/h2-8,11,17H,9-10,12H2,1H3,(H2,22,25)(H,23,26)(H,24,27)/t17-/m0/s1. The first kappa shape index (κ1) is 20.9. The van der Waals surface area contributed by atoms with Gasteiger partial charge in [-0.2, -0.15) is 0 Å². The lowest BCUT2D eigenvalue weighted by molar-refractivity contribution is -0.119. The number of amides is 3. The minimum absolute atomic E-state index is 0.0179. The van der Waals surface area contributed by atoms with E-state index in [0.29, 0.717) is 5.56 Å². The lowest BCUT2D eigenvalue weighted by Crippen LogP contribution is -2.44. The molecule has 7 nitrogen and oxygen atoms in total. The smallest absolute Gasteiger partial charge is 0.408 e. The number of benzene rings is 2. The highest BCUT2D eigenvalue weighted by Gasteiger charge is 2.22. The molecule has 0 unspecified atom stereocenters. The van der Waals surface area contributed by atoms with E-state index in [4.69, 9.17) is 10.5 Å². The van der Waals surface area contributed by atoms with Gasteiger partial charge in [-0.3, -0.25) is 9.59 Å². The molecule has 0 saturated heterocycles. The third-order valence-corrected chi connectivity index (χ3v) is 3.94. The van der Waals surface area contributed by atoms with Gasteiger partial charge >= 0.3 is 6.09 Å². The van der Waals surface area contributed by atoms with E-state index >= 15 is 0 Å². The zero-order valence-corrected chi connectivity index (χ0v) is 15.4. The molecule has 4 N–H and O–H groups in total. The van der Waals surface area contributed by atoms with Crippen LogP contribution in [0, 0.1) is 12.7 Å². The third kappa shape index (κ3) is 6.71. The number of primary amides is 1. The average Bonchev–Trinajstić information content (AvgIpc) is 2.67. The monoisotopic (exact) mass is 387 g/mol. The Morgan fingerprint density at radius 1 is 1.14 bits per heavy atom. The molecule has 0 bridgehead atoms. The van der Waals surface area contributed by atoms with Gasteiger partial charge in [0.05, 0.1) is 0 Å². The van der Waals surface area contributed by atoms with E-state index in [9.17, 15) is 18.8 Å². The first-order valence-electron chi connectivity index (χ1n) is 8.67. The van der Waals surface area contributed by atoms with Gasteiger partial charge in [-0.25, -0.2) is 9.18 Å². The van der Waals surface area contributed by atoms with Crippen LogP contribution >= 0.6 is 0 Å². The van der Waals surface area contributed by atoms with E-state index in [1.807, 2.05) is 6.07 Å². The number of carbonyl (C=O) groups is 3. The summed E-state index contributed by atoms with van der Waals surface area (Å²) in [6, 6.07) is 12.2. The number of aryl methyl sites for hydroxylation is 1. The van der Waals surface area contributed by atoms with E-state index in [0.717, 1.165) is 5.56 Å². The highest BCUT2D eigenvalue weighted by molar-refractivity contribution is 5.96. The quantitative estimate of drug-likeness (QED) is 0.647. The van der Waals surface area contributed by atoms with E-state index in [-0.39, 0.29) is 25.1 Å². The summed E-state index contributed by atoms with van der Waals surface area (Å²) in [5.41, 5.74) is 6.58. The van der Waals surface area contributed by atoms with Gasteiger partial charge in [-0.15, -0.1) is 0 Å². The predicted molar refractivity (Wildman–Crippen MR) is 102 cm³/mol. The number of nitrogens with two attached hydrogens (primary N) is 1. The molecule has 0 aliphatic heterocycles. The molecule has 0 radical (unpaired) electrons. The maximum Gasteiger partial charge on any atom is 0.408 e. The zero-order chi connectivity index (χ0) is 20.5. The predicted octanol–water partition coefficient (Wildman–Crippen LogP) is 2.63. The Kier molecular flexibility index (Phi) is 7.50. The molecule has 0 aromatic heterocycles. The van der Waals surface area contributed by atoms with Crippen molar-refractivity contribution in [3.8, 4) is 0 Å². The van der Waals surface area contributed by atoms with Crippen LogP contribution in [0.4, 0.5) is 14.9 Å². The summed E-state index contributed by atoms with van der Waals surface area (Å²) in [5, 5.41) is 4.93. The number of hydrogen-bond acceptors (Lipinski definition) is 4. The zero-order valence-electron chi connectivity index (χ0n) is 15.4. The molecule has 0 saturated carbocycles. The van der Waals surface area contributed by atoms with Crippen LogP contribution in [0.15, 0.2) is 48.5 Å². The summed E-state index contributed by atoms with van der Waals surface area (Å²) in [6.07, 6.45) is -0.946. The number of carbonyl (C=O) groups excluding carboxylic acids is 3.